The molecule has 9 N–H and O–H groups in total. The first kappa shape index (κ1) is 27.0. The third kappa shape index (κ3) is 9.41. The maximum atomic E-state index is 12.8. The van der Waals surface area contributed by atoms with E-state index in [2.05, 4.69) is 16.0 Å². The molecule has 0 spiro atoms. The predicted molar refractivity (Wildman–Crippen MR) is 117 cm³/mol. The highest BCUT2D eigenvalue weighted by Gasteiger charge is 2.28. The maximum absolute atomic E-state index is 12.8. The number of aliphatic carboxylic acids is 1. The number of nitrogens with one attached hydrogen (secondary N) is 3. The Kier molecular flexibility index (Phi) is 11.9. The number of benzene rings is 1. The fourth-order valence-electron chi connectivity index (χ4n) is 2.85. The van der Waals surface area contributed by atoms with Crippen LogP contribution >= 0.6 is 0 Å². The number of aliphatic hydroxyl groups excluding tert-OH is 1. The van der Waals surface area contributed by atoms with Crippen LogP contribution in [0, 0.1) is 0 Å². The number of hydrogen-bond donors (Lipinski definition) is 7. The Hall–Kier alpha value is -3.02. The molecule has 1 aromatic carbocycles. The summed E-state index contributed by atoms with van der Waals surface area (Å²) in [6.45, 7) is 1.24. The van der Waals surface area contributed by atoms with E-state index in [0.717, 1.165) is 5.56 Å². The van der Waals surface area contributed by atoms with Crippen LogP contribution in [-0.2, 0) is 25.6 Å². The van der Waals surface area contributed by atoms with Gasteiger partial charge in [0.05, 0.1) is 6.61 Å². The lowest BCUT2D eigenvalue weighted by Crippen LogP contribution is -2.57. The van der Waals surface area contributed by atoms with Crippen LogP contribution in [0.3, 0.4) is 0 Å². The summed E-state index contributed by atoms with van der Waals surface area (Å²) in [5.41, 5.74) is 11.7. The molecule has 32 heavy (non-hydrogen) atoms. The van der Waals surface area contributed by atoms with Crippen molar-refractivity contribution in [3.63, 3.8) is 0 Å². The average Bonchev–Trinajstić information content (AvgIpc) is 2.77. The molecule has 3 amide bonds. The zero-order valence-electron chi connectivity index (χ0n) is 18.1. The molecule has 1 aromatic rings. The molecular formula is C21H33N5O6. The predicted octanol–water partition coefficient (Wildman–Crippen LogP) is -1.76. The molecule has 0 saturated carbocycles. The molecule has 178 valence electrons. The first-order valence-corrected chi connectivity index (χ1v) is 10.4. The quantitative estimate of drug-likeness (QED) is 0.161. The molecule has 11 heteroatoms. The molecule has 0 heterocycles. The standard InChI is InChI=1S/C21H33N5O6/c1-13(18(28)25-16(21(31)32)9-5-6-10-22)24-20(30)17(26-19(29)15(23)12-27)11-14-7-3-2-4-8-14/h2-4,7-8,13,15-17,27H,5-6,9-12,22-23H2,1H3,(H,24,30)(H,25,28)(H,26,29)(H,31,32). The number of amides is 3. The number of unbranched alkanes of at least 4 members (excludes halogenated alkanes) is 1. The van der Waals surface area contributed by atoms with E-state index in [0.29, 0.717) is 19.4 Å². The summed E-state index contributed by atoms with van der Waals surface area (Å²) in [6.07, 6.45) is 1.50. The molecule has 4 unspecified atom stereocenters. The van der Waals surface area contributed by atoms with Crippen LogP contribution in [0.5, 0.6) is 0 Å². The van der Waals surface area contributed by atoms with Crippen molar-refractivity contribution in [1.29, 1.82) is 0 Å². The van der Waals surface area contributed by atoms with Crippen LogP contribution in [0.1, 0.15) is 31.7 Å². The largest absolute Gasteiger partial charge is 0.480 e. The van der Waals surface area contributed by atoms with Crippen molar-refractivity contribution in [2.45, 2.75) is 56.8 Å². The van der Waals surface area contributed by atoms with Gasteiger partial charge in [0.1, 0.15) is 24.2 Å². The lowest BCUT2D eigenvalue weighted by Gasteiger charge is -2.23. The Morgan fingerprint density at radius 2 is 1.56 bits per heavy atom. The third-order valence-corrected chi connectivity index (χ3v) is 4.76. The summed E-state index contributed by atoms with van der Waals surface area (Å²) in [5, 5.41) is 25.8. The molecular weight excluding hydrogens is 418 g/mol. The van der Waals surface area contributed by atoms with Crippen molar-refractivity contribution in [3.8, 4) is 0 Å². The monoisotopic (exact) mass is 451 g/mol. The Bertz CT molecular complexity index is 760. The number of carbonyl (C=O) groups excluding carboxylic acids is 3. The SMILES string of the molecule is CC(NC(=O)C(Cc1ccccc1)NC(=O)C(N)CO)C(=O)NC(CCCCN)C(=O)O. The second-order valence-corrected chi connectivity index (χ2v) is 7.45. The number of rotatable bonds is 14. The highest BCUT2D eigenvalue weighted by molar-refractivity contribution is 5.94. The van der Waals surface area contributed by atoms with Gasteiger partial charge >= 0.3 is 5.97 Å². The van der Waals surface area contributed by atoms with Gasteiger partial charge in [-0.15, -0.1) is 0 Å². The van der Waals surface area contributed by atoms with Gasteiger partial charge in [0.25, 0.3) is 0 Å². The molecule has 1 rings (SSSR count). The summed E-state index contributed by atoms with van der Waals surface area (Å²) >= 11 is 0. The number of aliphatic hydroxyl groups is 1. The van der Waals surface area contributed by atoms with Crippen molar-refractivity contribution in [3.05, 3.63) is 35.9 Å². The van der Waals surface area contributed by atoms with Gasteiger partial charge in [-0.3, -0.25) is 14.4 Å². The average molecular weight is 452 g/mol. The van der Waals surface area contributed by atoms with Gasteiger partial charge in [-0.2, -0.15) is 0 Å². The van der Waals surface area contributed by atoms with E-state index in [-0.39, 0.29) is 12.8 Å². The Morgan fingerprint density at radius 1 is 0.938 bits per heavy atom. The number of carbonyl (C=O) groups is 4. The summed E-state index contributed by atoms with van der Waals surface area (Å²) in [4.78, 5) is 48.7. The molecule has 0 saturated heterocycles. The van der Waals surface area contributed by atoms with Gasteiger partial charge in [-0.25, -0.2) is 4.79 Å². The van der Waals surface area contributed by atoms with Crippen molar-refractivity contribution >= 4 is 23.7 Å². The summed E-state index contributed by atoms with van der Waals surface area (Å²) in [7, 11) is 0. The molecule has 11 nitrogen and oxygen atoms in total. The molecule has 0 radical (unpaired) electrons. The van der Waals surface area contributed by atoms with Gasteiger partial charge < -0.3 is 37.6 Å². The lowest BCUT2D eigenvalue weighted by molar-refractivity contribution is -0.142. The minimum absolute atomic E-state index is 0.127. The van der Waals surface area contributed by atoms with Crippen LogP contribution in [0.4, 0.5) is 0 Å². The van der Waals surface area contributed by atoms with Crippen molar-refractivity contribution in [1.82, 2.24) is 16.0 Å². The van der Waals surface area contributed by atoms with Gasteiger partial charge in [0.15, 0.2) is 0 Å². The third-order valence-electron chi connectivity index (χ3n) is 4.76. The van der Waals surface area contributed by atoms with Crippen LogP contribution in [0.2, 0.25) is 0 Å². The minimum atomic E-state index is -1.20. The van der Waals surface area contributed by atoms with E-state index < -0.39 is 54.5 Å². The first-order valence-electron chi connectivity index (χ1n) is 10.4. The number of hydrogen-bond acceptors (Lipinski definition) is 7. The van der Waals surface area contributed by atoms with Gasteiger partial charge in [-0.05, 0) is 38.3 Å². The minimum Gasteiger partial charge on any atom is -0.480 e. The van der Waals surface area contributed by atoms with E-state index in [1.807, 2.05) is 0 Å². The highest BCUT2D eigenvalue weighted by Crippen LogP contribution is 2.05. The Morgan fingerprint density at radius 3 is 2.12 bits per heavy atom. The number of nitrogens with two attached hydrogens (primary N) is 2. The maximum Gasteiger partial charge on any atom is 0.326 e. The summed E-state index contributed by atoms with van der Waals surface area (Å²) < 4.78 is 0. The van der Waals surface area contributed by atoms with Gasteiger partial charge in [0, 0.05) is 6.42 Å². The van der Waals surface area contributed by atoms with Crippen molar-refractivity contribution in [2.75, 3.05) is 13.2 Å². The van der Waals surface area contributed by atoms with Gasteiger partial charge in [-0.1, -0.05) is 30.3 Å². The fraction of sp³-hybridized carbons (Fsp3) is 0.524. The molecule has 0 fully saturated rings. The molecule has 0 aliphatic carbocycles. The molecule has 0 aromatic heterocycles. The Balaban J connectivity index is 2.81. The topological polar surface area (TPSA) is 197 Å². The summed E-state index contributed by atoms with van der Waals surface area (Å²) in [5.74, 6) is -3.21. The van der Waals surface area contributed by atoms with Crippen molar-refractivity contribution in [2.24, 2.45) is 11.5 Å². The first-order chi connectivity index (χ1) is 15.2. The normalized spacial score (nSPS) is 14.5. The Labute approximate surface area is 186 Å². The van der Waals surface area contributed by atoms with E-state index in [4.69, 9.17) is 16.6 Å². The zero-order valence-corrected chi connectivity index (χ0v) is 18.1. The van der Waals surface area contributed by atoms with Crippen molar-refractivity contribution < 1.29 is 29.4 Å². The molecule has 0 aliphatic rings. The van der Waals surface area contributed by atoms with Crippen LogP contribution < -0.4 is 27.4 Å². The van der Waals surface area contributed by atoms with Crippen LogP contribution in [-0.4, -0.2) is 71.2 Å². The molecule has 0 aliphatic heterocycles. The highest BCUT2D eigenvalue weighted by atomic mass is 16.4. The van der Waals surface area contributed by atoms with E-state index in [9.17, 15) is 24.3 Å². The molecule has 0 bridgehead atoms. The lowest BCUT2D eigenvalue weighted by atomic mass is 10.0. The smallest absolute Gasteiger partial charge is 0.326 e. The fourth-order valence-corrected chi connectivity index (χ4v) is 2.85. The van der Waals surface area contributed by atoms with E-state index >= 15 is 0 Å². The second-order valence-electron chi connectivity index (χ2n) is 7.45. The van der Waals surface area contributed by atoms with E-state index in [1.54, 1.807) is 30.3 Å². The zero-order chi connectivity index (χ0) is 24.1. The van der Waals surface area contributed by atoms with Gasteiger partial charge in [0.2, 0.25) is 17.7 Å². The van der Waals surface area contributed by atoms with E-state index in [1.165, 1.54) is 6.92 Å². The van der Waals surface area contributed by atoms with Crippen LogP contribution in [0.15, 0.2) is 30.3 Å². The molecule has 4 atom stereocenters. The van der Waals surface area contributed by atoms with Crippen LogP contribution in [0.25, 0.3) is 0 Å². The summed E-state index contributed by atoms with van der Waals surface area (Å²) in [6, 6.07) is 4.48. The second kappa shape index (κ2) is 14.1. The number of carboxylic acids is 1. The number of carboxylic acid groups (broad SMARTS) is 1.